The fraction of sp³-hybridized carbons (Fsp3) is 0.296. The quantitative estimate of drug-likeness (QED) is 0.598. The van der Waals surface area contributed by atoms with Crippen LogP contribution in [0.4, 0.5) is 4.39 Å². The molecule has 0 spiro atoms. The number of ether oxygens (including phenoxy) is 1. The van der Waals surface area contributed by atoms with Crippen molar-refractivity contribution in [2.75, 3.05) is 26.3 Å². The van der Waals surface area contributed by atoms with Gasteiger partial charge in [0, 0.05) is 31.7 Å². The number of nitrogens with one attached hydrogen (secondary N) is 1. The maximum atomic E-state index is 14.8. The Balaban J connectivity index is 1.34. The Bertz CT molecular complexity index is 1060. The van der Waals surface area contributed by atoms with E-state index in [0.29, 0.717) is 18.5 Å². The van der Waals surface area contributed by atoms with Crippen molar-refractivity contribution < 1.29 is 13.9 Å². The number of nitrogens with zero attached hydrogens (tertiary/aromatic N) is 1. The van der Waals surface area contributed by atoms with Gasteiger partial charge in [-0.1, -0.05) is 66.2 Å². The van der Waals surface area contributed by atoms with Gasteiger partial charge < -0.3 is 10.1 Å². The van der Waals surface area contributed by atoms with Crippen LogP contribution in [0.2, 0.25) is 0 Å². The molecule has 1 saturated heterocycles. The van der Waals surface area contributed by atoms with Crippen LogP contribution in [0.5, 0.6) is 0 Å². The molecular formula is C27H29FN2O2. The van der Waals surface area contributed by atoms with Gasteiger partial charge in [-0.15, -0.1) is 0 Å². The summed E-state index contributed by atoms with van der Waals surface area (Å²) in [5.41, 5.74) is 5.51. The fourth-order valence-corrected chi connectivity index (χ4v) is 3.98. The third kappa shape index (κ3) is 6.02. The first-order valence-corrected chi connectivity index (χ1v) is 11.1. The summed E-state index contributed by atoms with van der Waals surface area (Å²) >= 11 is 0. The molecule has 166 valence electrons. The SMILES string of the molecule is Cc1cccc(CNC(=O)Cc2ccc(-c3ccc(CN4CCOCC4)cc3F)cc2)c1. The summed E-state index contributed by atoms with van der Waals surface area (Å²) in [4.78, 5) is 14.6. The van der Waals surface area contributed by atoms with Gasteiger partial charge in [-0.05, 0) is 35.2 Å². The van der Waals surface area contributed by atoms with Crippen molar-refractivity contribution in [1.29, 1.82) is 0 Å². The number of carbonyl (C=O) groups is 1. The number of aryl methyl sites for hydroxylation is 1. The van der Waals surface area contributed by atoms with Gasteiger partial charge in [0.2, 0.25) is 5.91 Å². The van der Waals surface area contributed by atoms with E-state index in [1.807, 2.05) is 61.5 Å². The zero-order valence-electron chi connectivity index (χ0n) is 18.4. The summed E-state index contributed by atoms with van der Waals surface area (Å²) in [6, 6.07) is 21.1. The number of halogens is 1. The summed E-state index contributed by atoms with van der Waals surface area (Å²) in [6.45, 7) is 6.51. The van der Waals surface area contributed by atoms with Crippen molar-refractivity contribution >= 4 is 5.91 Å². The van der Waals surface area contributed by atoms with Crippen molar-refractivity contribution in [1.82, 2.24) is 10.2 Å². The molecular weight excluding hydrogens is 403 g/mol. The average Bonchev–Trinajstić information content (AvgIpc) is 2.79. The molecule has 0 saturated carbocycles. The molecule has 5 heteroatoms. The molecule has 32 heavy (non-hydrogen) atoms. The van der Waals surface area contributed by atoms with Crippen LogP contribution in [0.15, 0.2) is 66.7 Å². The number of carbonyl (C=O) groups excluding carboxylic acids is 1. The van der Waals surface area contributed by atoms with Crippen LogP contribution >= 0.6 is 0 Å². The summed E-state index contributed by atoms with van der Waals surface area (Å²) in [7, 11) is 0. The van der Waals surface area contributed by atoms with Gasteiger partial charge in [-0.25, -0.2) is 4.39 Å². The third-order valence-electron chi connectivity index (χ3n) is 5.75. The Morgan fingerprint density at radius 3 is 2.44 bits per heavy atom. The normalized spacial score (nSPS) is 14.3. The largest absolute Gasteiger partial charge is 0.379 e. The van der Waals surface area contributed by atoms with E-state index in [1.165, 1.54) is 5.56 Å². The lowest BCUT2D eigenvalue weighted by Gasteiger charge is -2.26. The molecule has 3 aromatic carbocycles. The van der Waals surface area contributed by atoms with Gasteiger partial charge >= 0.3 is 0 Å². The van der Waals surface area contributed by atoms with Crippen LogP contribution in [0.25, 0.3) is 11.1 Å². The van der Waals surface area contributed by atoms with Crippen LogP contribution < -0.4 is 5.32 Å². The number of benzene rings is 3. The maximum Gasteiger partial charge on any atom is 0.224 e. The maximum absolute atomic E-state index is 14.8. The van der Waals surface area contributed by atoms with Gasteiger partial charge in [0.25, 0.3) is 0 Å². The molecule has 0 atom stereocenters. The van der Waals surface area contributed by atoms with Crippen LogP contribution in [0, 0.1) is 12.7 Å². The topological polar surface area (TPSA) is 41.6 Å². The Morgan fingerprint density at radius 1 is 0.969 bits per heavy atom. The van der Waals surface area contributed by atoms with E-state index >= 15 is 0 Å². The van der Waals surface area contributed by atoms with Crippen molar-refractivity contribution in [3.8, 4) is 11.1 Å². The molecule has 0 bridgehead atoms. The lowest BCUT2D eigenvalue weighted by molar-refractivity contribution is -0.120. The highest BCUT2D eigenvalue weighted by atomic mass is 19.1. The lowest BCUT2D eigenvalue weighted by atomic mass is 10.0. The van der Waals surface area contributed by atoms with E-state index in [1.54, 1.807) is 6.07 Å². The minimum atomic E-state index is -0.223. The highest BCUT2D eigenvalue weighted by Gasteiger charge is 2.13. The minimum absolute atomic E-state index is 0.0297. The summed E-state index contributed by atoms with van der Waals surface area (Å²) < 4.78 is 20.2. The standard InChI is InChI=1S/C27H29FN2O2/c1-20-3-2-4-22(15-20)18-29-27(31)17-21-5-8-24(9-6-21)25-10-7-23(16-26(25)28)19-30-11-13-32-14-12-30/h2-10,15-16H,11-14,17-19H2,1H3,(H,29,31). The molecule has 1 N–H and O–H groups in total. The zero-order chi connectivity index (χ0) is 22.3. The number of hydrogen-bond donors (Lipinski definition) is 1. The number of hydrogen-bond acceptors (Lipinski definition) is 3. The number of morpholine rings is 1. The molecule has 0 radical (unpaired) electrons. The molecule has 0 aliphatic carbocycles. The monoisotopic (exact) mass is 432 g/mol. The molecule has 1 heterocycles. The predicted molar refractivity (Wildman–Crippen MR) is 125 cm³/mol. The van der Waals surface area contributed by atoms with E-state index in [9.17, 15) is 9.18 Å². The second-order valence-electron chi connectivity index (χ2n) is 8.34. The average molecular weight is 433 g/mol. The van der Waals surface area contributed by atoms with E-state index in [2.05, 4.69) is 16.3 Å². The number of amides is 1. The minimum Gasteiger partial charge on any atom is -0.379 e. The van der Waals surface area contributed by atoms with E-state index < -0.39 is 0 Å². The van der Waals surface area contributed by atoms with Crippen LogP contribution in [0.1, 0.15) is 22.3 Å². The first kappa shape index (κ1) is 22.2. The van der Waals surface area contributed by atoms with Gasteiger partial charge in [0.15, 0.2) is 0 Å². The highest BCUT2D eigenvalue weighted by molar-refractivity contribution is 5.79. The first-order valence-electron chi connectivity index (χ1n) is 11.1. The zero-order valence-corrected chi connectivity index (χ0v) is 18.4. The molecule has 1 fully saturated rings. The van der Waals surface area contributed by atoms with E-state index in [4.69, 9.17) is 4.74 Å². The third-order valence-corrected chi connectivity index (χ3v) is 5.75. The highest BCUT2D eigenvalue weighted by Crippen LogP contribution is 2.25. The van der Waals surface area contributed by atoms with E-state index in [-0.39, 0.29) is 11.7 Å². The second kappa shape index (κ2) is 10.5. The molecule has 4 rings (SSSR count). The summed E-state index contributed by atoms with van der Waals surface area (Å²) in [5.74, 6) is -0.252. The predicted octanol–water partition coefficient (Wildman–Crippen LogP) is 4.49. The van der Waals surface area contributed by atoms with Crippen molar-refractivity contribution in [3.63, 3.8) is 0 Å². The molecule has 4 nitrogen and oxygen atoms in total. The van der Waals surface area contributed by atoms with Gasteiger partial charge in [0.05, 0.1) is 19.6 Å². The Labute approximate surface area is 189 Å². The van der Waals surface area contributed by atoms with Crippen molar-refractivity contribution in [3.05, 3.63) is 94.8 Å². The summed E-state index contributed by atoms with van der Waals surface area (Å²) in [5, 5.41) is 2.96. The Hall–Kier alpha value is -3.02. The van der Waals surface area contributed by atoms with Gasteiger partial charge in [0.1, 0.15) is 5.82 Å². The van der Waals surface area contributed by atoms with Crippen LogP contribution in [0.3, 0.4) is 0 Å². The molecule has 1 amide bonds. The van der Waals surface area contributed by atoms with Crippen molar-refractivity contribution in [2.24, 2.45) is 0 Å². The first-order chi connectivity index (χ1) is 15.6. The van der Waals surface area contributed by atoms with Gasteiger partial charge in [-0.3, -0.25) is 9.69 Å². The van der Waals surface area contributed by atoms with Crippen LogP contribution in [-0.4, -0.2) is 37.1 Å². The number of rotatable bonds is 7. The molecule has 0 unspecified atom stereocenters. The van der Waals surface area contributed by atoms with Gasteiger partial charge in [-0.2, -0.15) is 0 Å². The second-order valence-corrected chi connectivity index (χ2v) is 8.34. The molecule has 1 aliphatic heterocycles. The molecule has 3 aromatic rings. The molecule has 0 aromatic heterocycles. The van der Waals surface area contributed by atoms with E-state index in [0.717, 1.165) is 55.1 Å². The van der Waals surface area contributed by atoms with Crippen molar-refractivity contribution in [2.45, 2.75) is 26.4 Å². The fourth-order valence-electron chi connectivity index (χ4n) is 3.98. The summed E-state index contributed by atoms with van der Waals surface area (Å²) in [6.07, 6.45) is 0.299. The smallest absolute Gasteiger partial charge is 0.224 e. The molecule has 1 aliphatic rings. The Morgan fingerprint density at radius 2 is 1.72 bits per heavy atom. The van der Waals surface area contributed by atoms with Crippen LogP contribution in [-0.2, 0) is 29.0 Å². The lowest BCUT2D eigenvalue weighted by Crippen LogP contribution is -2.35. The Kier molecular flexibility index (Phi) is 7.30.